The molecule has 3 nitrogen and oxygen atoms in total. The Labute approximate surface area is 93.4 Å². The standard InChI is InChI=1S/C11H12ClNO2/c12-9-5-10(7-13-6-9)15-11(14)8-3-1-2-4-8/h5-8H,1-4H2. The molecule has 0 N–H and O–H groups in total. The van der Waals surface area contributed by atoms with Gasteiger partial charge in [-0.25, -0.2) is 0 Å². The molecule has 1 aliphatic rings. The van der Waals surface area contributed by atoms with E-state index in [4.69, 9.17) is 16.3 Å². The molecule has 0 amide bonds. The van der Waals surface area contributed by atoms with E-state index in [1.807, 2.05) is 0 Å². The van der Waals surface area contributed by atoms with Gasteiger partial charge in [-0.1, -0.05) is 24.4 Å². The van der Waals surface area contributed by atoms with Gasteiger partial charge >= 0.3 is 5.97 Å². The summed E-state index contributed by atoms with van der Waals surface area (Å²) in [5, 5.41) is 0.478. The van der Waals surface area contributed by atoms with Crippen LogP contribution < -0.4 is 4.74 Å². The van der Waals surface area contributed by atoms with Crippen LogP contribution in [-0.4, -0.2) is 11.0 Å². The lowest BCUT2D eigenvalue weighted by molar-refractivity contribution is -0.138. The van der Waals surface area contributed by atoms with Crippen molar-refractivity contribution in [2.75, 3.05) is 0 Å². The molecule has 1 aromatic rings. The van der Waals surface area contributed by atoms with Crippen LogP contribution in [-0.2, 0) is 4.79 Å². The van der Waals surface area contributed by atoms with Gasteiger partial charge in [0.15, 0.2) is 5.75 Å². The second-order valence-electron chi connectivity index (χ2n) is 3.74. The first-order valence-corrected chi connectivity index (χ1v) is 5.46. The summed E-state index contributed by atoms with van der Waals surface area (Å²) in [6, 6.07) is 1.60. The molecule has 80 valence electrons. The first kappa shape index (κ1) is 10.4. The summed E-state index contributed by atoms with van der Waals surface area (Å²) in [4.78, 5) is 15.5. The van der Waals surface area contributed by atoms with Crippen LogP contribution >= 0.6 is 11.6 Å². The third kappa shape index (κ3) is 2.69. The van der Waals surface area contributed by atoms with E-state index in [1.165, 1.54) is 12.4 Å². The number of ether oxygens (including phenoxy) is 1. The number of carbonyl (C=O) groups is 1. The fourth-order valence-corrected chi connectivity index (χ4v) is 1.97. The van der Waals surface area contributed by atoms with Gasteiger partial charge in [0.2, 0.25) is 0 Å². The largest absolute Gasteiger partial charge is 0.425 e. The van der Waals surface area contributed by atoms with Gasteiger partial charge in [-0.3, -0.25) is 9.78 Å². The Morgan fingerprint density at radius 3 is 2.80 bits per heavy atom. The zero-order chi connectivity index (χ0) is 10.7. The predicted molar refractivity (Wildman–Crippen MR) is 56.8 cm³/mol. The number of halogens is 1. The Morgan fingerprint density at radius 2 is 2.13 bits per heavy atom. The van der Waals surface area contributed by atoms with Crippen molar-refractivity contribution in [1.82, 2.24) is 4.98 Å². The van der Waals surface area contributed by atoms with Crippen LogP contribution in [0.4, 0.5) is 0 Å². The molecule has 0 aliphatic heterocycles. The van der Waals surface area contributed by atoms with Crippen LogP contribution in [0.3, 0.4) is 0 Å². The Bertz CT molecular complexity index is 361. The smallest absolute Gasteiger partial charge is 0.314 e. The van der Waals surface area contributed by atoms with Gasteiger partial charge in [-0.2, -0.15) is 0 Å². The van der Waals surface area contributed by atoms with Gasteiger partial charge in [-0.15, -0.1) is 0 Å². The number of pyridine rings is 1. The molecule has 0 spiro atoms. The second-order valence-corrected chi connectivity index (χ2v) is 4.18. The lowest BCUT2D eigenvalue weighted by Gasteiger charge is -2.08. The summed E-state index contributed by atoms with van der Waals surface area (Å²) >= 11 is 5.73. The van der Waals surface area contributed by atoms with Crippen molar-refractivity contribution < 1.29 is 9.53 Å². The molecule has 0 atom stereocenters. The number of esters is 1. The van der Waals surface area contributed by atoms with Crippen LogP contribution in [0.25, 0.3) is 0 Å². The molecule has 1 aliphatic carbocycles. The SMILES string of the molecule is O=C(Oc1cncc(Cl)c1)C1CCCC1. The summed E-state index contributed by atoms with van der Waals surface area (Å²) in [6.07, 6.45) is 7.12. The third-order valence-electron chi connectivity index (χ3n) is 2.59. The fourth-order valence-electron chi connectivity index (χ4n) is 1.81. The predicted octanol–water partition coefficient (Wildman–Crippen LogP) is 2.83. The van der Waals surface area contributed by atoms with Crippen LogP contribution in [0.1, 0.15) is 25.7 Å². The Hall–Kier alpha value is -1.09. The van der Waals surface area contributed by atoms with E-state index in [-0.39, 0.29) is 11.9 Å². The van der Waals surface area contributed by atoms with Crippen LogP contribution in [0.5, 0.6) is 5.75 Å². The van der Waals surface area contributed by atoms with E-state index in [0.717, 1.165) is 25.7 Å². The molecule has 0 aromatic carbocycles. The summed E-state index contributed by atoms with van der Waals surface area (Å²) in [7, 11) is 0. The van der Waals surface area contributed by atoms with E-state index < -0.39 is 0 Å². The molecule has 1 saturated carbocycles. The molecule has 1 heterocycles. The Morgan fingerprint density at radius 1 is 1.40 bits per heavy atom. The van der Waals surface area contributed by atoms with Crippen molar-refractivity contribution in [2.45, 2.75) is 25.7 Å². The Kier molecular flexibility index (Phi) is 3.21. The van der Waals surface area contributed by atoms with E-state index in [1.54, 1.807) is 6.07 Å². The molecule has 0 bridgehead atoms. The molecule has 0 radical (unpaired) electrons. The van der Waals surface area contributed by atoms with Crippen molar-refractivity contribution in [3.8, 4) is 5.75 Å². The van der Waals surface area contributed by atoms with Crippen LogP contribution in [0.15, 0.2) is 18.5 Å². The van der Waals surface area contributed by atoms with Gasteiger partial charge in [0.05, 0.1) is 17.1 Å². The van der Waals surface area contributed by atoms with Gasteiger partial charge < -0.3 is 4.74 Å². The third-order valence-corrected chi connectivity index (χ3v) is 2.79. The minimum absolute atomic E-state index is 0.0592. The molecule has 0 unspecified atom stereocenters. The van der Waals surface area contributed by atoms with Gasteiger partial charge in [0, 0.05) is 12.3 Å². The lowest BCUT2D eigenvalue weighted by Crippen LogP contribution is -2.17. The summed E-state index contributed by atoms with van der Waals surface area (Å²) in [5.41, 5.74) is 0. The van der Waals surface area contributed by atoms with Crippen molar-refractivity contribution >= 4 is 17.6 Å². The average molecular weight is 226 g/mol. The van der Waals surface area contributed by atoms with Crippen LogP contribution in [0.2, 0.25) is 5.02 Å². The first-order chi connectivity index (χ1) is 7.25. The van der Waals surface area contributed by atoms with Gasteiger partial charge in [0.1, 0.15) is 0 Å². The molecule has 1 fully saturated rings. The van der Waals surface area contributed by atoms with Crippen molar-refractivity contribution in [3.05, 3.63) is 23.5 Å². The fraction of sp³-hybridized carbons (Fsp3) is 0.455. The molecule has 2 rings (SSSR count). The number of hydrogen-bond acceptors (Lipinski definition) is 3. The number of aromatic nitrogens is 1. The minimum atomic E-state index is -0.156. The zero-order valence-corrected chi connectivity index (χ0v) is 9.04. The molecule has 1 aromatic heterocycles. The molecule has 0 saturated heterocycles. The average Bonchev–Trinajstić information content (AvgIpc) is 2.70. The van der Waals surface area contributed by atoms with E-state index in [0.29, 0.717) is 10.8 Å². The highest BCUT2D eigenvalue weighted by Crippen LogP contribution is 2.26. The van der Waals surface area contributed by atoms with Crippen molar-refractivity contribution in [1.29, 1.82) is 0 Å². The highest BCUT2D eigenvalue weighted by Gasteiger charge is 2.24. The van der Waals surface area contributed by atoms with Crippen LogP contribution in [0, 0.1) is 5.92 Å². The molecular weight excluding hydrogens is 214 g/mol. The minimum Gasteiger partial charge on any atom is -0.425 e. The maximum absolute atomic E-state index is 11.6. The maximum atomic E-state index is 11.6. The first-order valence-electron chi connectivity index (χ1n) is 5.08. The summed E-state index contributed by atoms with van der Waals surface area (Å²) in [6.45, 7) is 0. The maximum Gasteiger partial charge on any atom is 0.314 e. The van der Waals surface area contributed by atoms with Gasteiger partial charge in [0.25, 0.3) is 0 Å². The summed E-state index contributed by atoms with van der Waals surface area (Å²) < 4.78 is 5.19. The molecular formula is C11H12ClNO2. The molecule has 15 heavy (non-hydrogen) atoms. The number of carbonyl (C=O) groups excluding carboxylic acids is 1. The number of hydrogen-bond donors (Lipinski definition) is 0. The highest BCUT2D eigenvalue weighted by molar-refractivity contribution is 6.30. The monoisotopic (exact) mass is 225 g/mol. The lowest BCUT2D eigenvalue weighted by atomic mass is 10.1. The summed E-state index contributed by atoms with van der Waals surface area (Å²) in [5.74, 6) is 0.333. The van der Waals surface area contributed by atoms with E-state index in [9.17, 15) is 4.79 Å². The number of nitrogens with zero attached hydrogens (tertiary/aromatic N) is 1. The van der Waals surface area contributed by atoms with E-state index >= 15 is 0 Å². The van der Waals surface area contributed by atoms with Gasteiger partial charge in [-0.05, 0) is 12.8 Å². The second kappa shape index (κ2) is 4.62. The number of rotatable bonds is 2. The van der Waals surface area contributed by atoms with Crippen molar-refractivity contribution in [2.24, 2.45) is 5.92 Å². The normalized spacial score (nSPS) is 16.6. The Balaban J connectivity index is 1.99. The van der Waals surface area contributed by atoms with E-state index in [2.05, 4.69) is 4.98 Å². The van der Waals surface area contributed by atoms with Crippen molar-refractivity contribution in [3.63, 3.8) is 0 Å². The quantitative estimate of drug-likeness (QED) is 0.727. The zero-order valence-electron chi connectivity index (χ0n) is 8.28. The topological polar surface area (TPSA) is 39.2 Å². The molecule has 4 heteroatoms. The highest BCUT2D eigenvalue weighted by atomic mass is 35.5.